The van der Waals surface area contributed by atoms with Gasteiger partial charge >= 0.3 is 5.97 Å². The van der Waals surface area contributed by atoms with Crippen LogP contribution in [0, 0.1) is 0 Å². The molecule has 0 unspecified atom stereocenters. The summed E-state index contributed by atoms with van der Waals surface area (Å²) in [7, 11) is 0. The molecule has 0 aliphatic carbocycles. The van der Waals surface area contributed by atoms with Crippen molar-refractivity contribution in [3.63, 3.8) is 0 Å². The highest BCUT2D eigenvalue weighted by atomic mass is 16.4. The average Bonchev–Trinajstić information content (AvgIpc) is 2.94. The highest BCUT2D eigenvalue weighted by Gasteiger charge is 2.34. The third-order valence-electron chi connectivity index (χ3n) is 5.93. The molecule has 0 saturated carbocycles. The first-order valence-electron chi connectivity index (χ1n) is 13.6. The SMILES string of the molecule is NCC(=O)N[C@@H](CC(N)=O)C(=O)N[C@@H](CC(N)=O)C(=O)N[C@@H](CCC(N)=O)C(=O)N[C@@H](CCC(N)=O)C(=O)N[C@@H](CC(N)=O)C(=O)O. The van der Waals surface area contributed by atoms with Crippen molar-refractivity contribution in [3.05, 3.63) is 0 Å². The number of nitrogens with two attached hydrogens (primary N) is 6. The number of hydrogen-bond donors (Lipinski definition) is 12. The van der Waals surface area contributed by atoms with Gasteiger partial charge in [0.2, 0.25) is 59.1 Å². The van der Waals surface area contributed by atoms with E-state index in [1.54, 1.807) is 0 Å². The van der Waals surface area contributed by atoms with E-state index in [9.17, 15) is 57.8 Å². The highest BCUT2D eigenvalue weighted by Crippen LogP contribution is 2.06. The highest BCUT2D eigenvalue weighted by molar-refractivity contribution is 5.99. The van der Waals surface area contributed by atoms with Crippen LogP contribution in [0.5, 0.6) is 0 Å². The van der Waals surface area contributed by atoms with Gasteiger partial charge < -0.3 is 66.1 Å². The molecule has 262 valence electrons. The molecule has 23 heteroatoms. The van der Waals surface area contributed by atoms with Crippen LogP contribution in [0.1, 0.15) is 44.9 Å². The number of hydrogen-bond acceptors (Lipinski definition) is 12. The molecular weight excluding hydrogens is 634 g/mol. The van der Waals surface area contributed by atoms with Crippen LogP contribution in [-0.4, -0.2) is 107 Å². The number of amides is 10. The Morgan fingerprint density at radius 1 is 0.447 bits per heavy atom. The molecule has 0 fully saturated rings. The number of carboxylic acid groups (broad SMARTS) is 1. The van der Waals surface area contributed by atoms with Crippen LogP contribution in [-0.2, 0) is 52.7 Å². The van der Waals surface area contributed by atoms with Crippen LogP contribution >= 0.6 is 0 Å². The fourth-order valence-corrected chi connectivity index (χ4v) is 3.68. The van der Waals surface area contributed by atoms with Crippen molar-refractivity contribution in [2.24, 2.45) is 34.4 Å². The fourth-order valence-electron chi connectivity index (χ4n) is 3.68. The Kier molecular flexibility index (Phi) is 17.7. The minimum absolute atomic E-state index is 0.498. The maximum Gasteiger partial charge on any atom is 0.326 e. The Morgan fingerprint density at radius 2 is 0.745 bits per heavy atom. The van der Waals surface area contributed by atoms with Crippen molar-refractivity contribution < 1.29 is 57.8 Å². The maximum absolute atomic E-state index is 13.2. The summed E-state index contributed by atoms with van der Waals surface area (Å²) in [6.07, 6.45) is -4.52. The van der Waals surface area contributed by atoms with Gasteiger partial charge in [-0.05, 0) is 12.8 Å². The standard InChI is InChI=1S/C24H39N11O12/c25-8-19(41)31-11(5-16(28)38)22(44)34-12(6-17(29)39)23(45)33-9(1-3-14(26)36)20(42)32-10(2-4-15(27)37)21(43)35-13(24(46)47)7-18(30)40/h9-13H,1-8,25H2,(H2,26,36)(H2,27,37)(H2,28,38)(H2,29,39)(H2,30,40)(H,31,41)(H,32,42)(H,33,45)(H,34,44)(H,35,43)(H,46,47)/t9-,10-,11-,12-,13-/m0/s1. The van der Waals surface area contributed by atoms with Gasteiger partial charge in [0.1, 0.15) is 30.2 Å². The van der Waals surface area contributed by atoms with Crippen LogP contribution < -0.4 is 61.0 Å². The van der Waals surface area contributed by atoms with Crippen molar-refractivity contribution in [1.29, 1.82) is 0 Å². The van der Waals surface area contributed by atoms with Crippen molar-refractivity contribution >= 4 is 65.0 Å². The first-order chi connectivity index (χ1) is 21.8. The first-order valence-corrected chi connectivity index (χ1v) is 13.6. The monoisotopic (exact) mass is 673 g/mol. The molecule has 0 spiro atoms. The average molecular weight is 674 g/mol. The van der Waals surface area contributed by atoms with Crippen molar-refractivity contribution in [2.45, 2.75) is 75.2 Å². The molecule has 5 atom stereocenters. The lowest BCUT2D eigenvalue weighted by atomic mass is 10.0. The lowest BCUT2D eigenvalue weighted by molar-refractivity contribution is -0.144. The molecule has 10 amide bonds. The van der Waals surface area contributed by atoms with Gasteiger partial charge in [0.15, 0.2) is 0 Å². The minimum atomic E-state index is -1.84. The lowest BCUT2D eigenvalue weighted by Crippen LogP contribution is -2.59. The van der Waals surface area contributed by atoms with E-state index in [4.69, 9.17) is 34.4 Å². The van der Waals surface area contributed by atoms with E-state index >= 15 is 0 Å². The quantitative estimate of drug-likeness (QED) is 0.0480. The van der Waals surface area contributed by atoms with Crippen LogP contribution in [0.15, 0.2) is 0 Å². The second-order valence-electron chi connectivity index (χ2n) is 9.93. The summed E-state index contributed by atoms with van der Waals surface area (Å²) >= 11 is 0. The summed E-state index contributed by atoms with van der Waals surface area (Å²) in [6.45, 7) is -0.592. The van der Waals surface area contributed by atoms with Crippen LogP contribution in [0.2, 0.25) is 0 Å². The van der Waals surface area contributed by atoms with E-state index in [0.717, 1.165) is 0 Å². The summed E-state index contributed by atoms with van der Waals surface area (Å²) in [5.41, 5.74) is 30.7. The topological polar surface area (TPSA) is 424 Å². The van der Waals surface area contributed by atoms with Crippen molar-refractivity contribution in [3.8, 4) is 0 Å². The van der Waals surface area contributed by atoms with Crippen molar-refractivity contribution in [1.82, 2.24) is 26.6 Å². The molecule has 47 heavy (non-hydrogen) atoms. The Labute approximate surface area is 265 Å². The molecule has 0 radical (unpaired) electrons. The van der Waals surface area contributed by atoms with E-state index in [-0.39, 0.29) is 0 Å². The van der Waals surface area contributed by atoms with Crippen LogP contribution in [0.4, 0.5) is 0 Å². The zero-order chi connectivity index (χ0) is 36.4. The zero-order valence-corrected chi connectivity index (χ0v) is 24.9. The van der Waals surface area contributed by atoms with Gasteiger partial charge in [-0.25, -0.2) is 4.79 Å². The molecule has 0 aromatic heterocycles. The molecule has 18 N–H and O–H groups in total. The molecule has 0 heterocycles. The summed E-state index contributed by atoms with van der Waals surface area (Å²) in [4.78, 5) is 132. The number of nitrogens with one attached hydrogen (secondary N) is 5. The van der Waals surface area contributed by atoms with Gasteiger partial charge in [0.25, 0.3) is 0 Å². The molecule has 0 aromatic rings. The third kappa shape index (κ3) is 17.3. The molecular formula is C24H39N11O12. The number of carbonyl (C=O) groups is 11. The van der Waals surface area contributed by atoms with Gasteiger partial charge in [-0.15, -0.1) is 0 Å². The van der Waals surface area contributed by atoms with Crippen LogP contribution in [0.25, 0.3) is 0 Å². The number of carbonyl (C=O) groups excluding carboxylic acids is 10. The maximum atomic E-state index is 13.2. The molecule has 0 rings (SSSR count). The molecule has 0 saturated heterocycles. The second kappa shape index (κ2) is 20.2. The molecule has 0 aliphatic heterocycles. The minimum Gasteiger partial charge on any atom is -0.480 e. The van der Waals surface area contributed by atoms with Gasteiger partial charge in [-0.1, -0.05) is 0 Å². The predicted molar refractivity (Wildman–Crippen MR) is 155 cm³/mol. The number of primary amides is 5. The predicted octanol–water partition coefficient (Wildman–Crippen LogP) is -8.39. The molecule has 23 nitrogen and oxygen atoms in total. The number of aliphatic carboxylic acids is 1. The zero-order valence-electron chi connectivity index (χ0n) is 24.9. The van der Waals surface area contributed by atoms with E-state index in [1.807, 2.05) is 5.32 Å². The Bertz CT molecular complexity index is 1260. The normalized spacial score (nSPS) is 13.6. The molecule has 0 aromatic carbocycles. The summed E-state index contributed by atoms with van der Waals surface area (Å²) < 4.78 is 0. The van der Waals surface area contributed by atoms with E-state index in [2.05, 4.69) is 21.3 Å². The first kappa shape index (κ1) is 41.1. The lowest BCUT2D eigenvalue weighted by Gasteiger charge is -2.26. The van der Waals surface area contributed by atoms with Gasteiger partial charge in [-0.3, -0.25) is 47.9 Å². The van der Waals surface area contributed by atoms with Crippen LogP contribution in [0.3, 0.4) is 0 Å². The summed E-state index contributed by atoms with van der Waals surface area (Å²) in [5.74, 6) is -12.5. The Balaban J connectivity index is 6.23. The smallest absolute Gasteiger partial charge is 0.326 e. The Morgan fingerprint density at radius 3 is 1.06 bits per heavy atom. The van der Waals surface area contributed by atoms with E-state index in [0.29, 0.717) is 0 Å². The van der Waals surface area contributed by atoms with Gasteiger partial charge in [0, 0.05) is 12.8 Å². The summed E-state index contributed by atoms with van der Waals surface area (Å²) in [6, 6.07) is -8.74. The summed E-state index contributed by atoms with van der Waals surface area (Å²) in [5, 5.41) is 19.8. The third-order valence-corrected chi connectivity index (χ3v) is 5.93. The van der Waals surface area contributed by atoms with Crippen molar-refractivity contribution in [2.75, 3.05) is 6.54 Å². The van der Waals surface area contributed by atoms with E-state index in [1.165, 1.54) is 0 Å². The Hall–Kier alpha value is -5.87. The van der Waals surface area contributed by atoms with E-state index < -0.39 is 147 Å². The molecule has 0 aliphatic rings. The molecule has 0 bridgehead atoms. The number of rotatable bonds is 23. The van der Waals surface area contributed by atoms with Gasteiger partial charge in [0.05, 0.1) is 25.8 Å². The largest absolute Gasteiger partial charge is 0.480 e. The van der Waals surface area contributed by atoms with Gasteiger partial charge in [-0.2, -0.15) is 0 Å². The fraction of sp³-hybridized carbons (Fsp3) is 0.542. The number of carboxylic acids is 1. The second-order valence-corrected chi connectivity index (χ2v) is 9.93.